The fraction of sp³-hybridized carbons (Fsp3) is 0.0588. The van der Waals surface area contributed by atoms with E-state index in [1.54, 1.807) is 30.3 Å². The predicted molar refractivity (Wildman–Crippen MR) is 94.2 cm³/mol. The topological polar surface area (TPSA) is 95.6 Å². The van der Waals surface area contributed by atoms with E-state index >= 15 is 0 Å². The molecule has 2 heterocycles. The quantitative estimate of drug-likeness (QED) is 0.591. The van der Waals surface area contributed by atoms with E-state index in [1.807, 2.05) is 13.0 Å². The molecule has 0 bridgehead atoms. The highest BCUT2D eigenvalue weighted by atomic mass is 35.5. The number of hydrogen-bond acceptors (Lipinski definition) is 6. The van der Waals surface area contributed by atoms with Crippen molar-refractivity contribution in [1.29, 1.82) is 0 Å². The van der Waals surface area contributed by atoms with Crippen molar-refractivity contribution in [2.24, 2.45) is 0 Å². The second kappa shape index (κ2) is 6.23. The molecule has 0 spiro atoms. The van der Waals surface area contributed by atoms with Crippen LogP contribution in [0.3, 0.4) is 0 Å². The number of nitrogens with two attached hydrogens (primary N) is 1. The Balaban J connectivity index is 1.76. The zero-order valence-corrected chi connectivity index (χ0v) is 14.3. The van der Waals surface area contributed by atoms with Gasteiger partial charge in [0.05, 0.1) is 11.3 Å². The van der Waals surface area contributed by atoms with Gasteiger partial charge in [0.1, 0.15) is 5.82 Å². The van der Waals surface area contributed by atoms with Crippen LogP contribution in [-0.2, 0) is 0 Å². The minimum absolute atomic E-state index is 0.0479. The standard InChI is InChI=1S/C17H12ClFN6O/c1-9-11(18)6-4-8-13(9)25-15(20)14(22-24-25)17-21-16(23-26-17)10-5-2-3-7-12(10)19/h2-8H,20H2,1H3. The fourth-order valence-electron chi connectivity index (χ4n) is 2.52. The molecule has 2 aromatic carbocycles. The molecular weight excluding hydrogens is 359 g/mol. The van der Waals surface area contributed by atoms with Crippen LogP contribution in [0, 0.1) is 12.7 Å². The van der Waals surface area contributed by atoms with Crippen LogP contribution in [0.15, 0.2) is 47.0 Å². The molecule has 2 N–H and O–H groups in total. The van der Waals surface area contributed by atoms with E-state index in [4.69, 9.17) is 21.9 Å². The minimum atomic E-state index is -0.453. The van der Waals surface area contributed by atoms with Gasteiger partial charge < -0.3 is 10.3 Å². The van der Waals surface area contributed by atoms with Crippen LogP contribution in [0.25, 0.3) is 28.7 Å². The second-order valence-electron chi connectivity index (χ2n) is 5.52. The summed E-state index contributed by atoms with van der Waals surface area (Å²) in [7, 11) is 0. The molecular formula is C17H12ClFN6O. The first-order chi connectivity index (χ1) is 12.6. The molecule has 130 valence electrons. The van der Waals surface area contributed by atoms with Gasteiger partial charge in [-0.2, -0.15) is 9.67 Å². The SMILES string of the molecule is Cc1c(Cl)cccc1-n1nnc(-c2nc(-c3ccccc3F)no2)c1N. The molecule has 9 heteroatoms. The maximum atomic E-state index is 13.9. The summed E-state index contributed by atoms with van der Waals surface area (Å²) in [6, 6.07) is 11.5. The van der Waals surface area contributed by atoms with Crippen molar-refractivity contribution in [2.45, 2.75) is 6.92 Å². The highest BCUT2D eigenvalue weighted by Crippen LogP contribution is 2.29. The Morgan fingerprint density at radius 1 is 1.15 bits per heavy atom. The highest BCUT2D eigenvalue weighted by Gasteiger charge is 2.21. The molecule has 0 aliphatic carbocycles. The van der Waals surface area contributed by atoms with Crippen molar-refractivity contribution in [3.05, 3.63) is 58.9 Å². The smallest absolute Gasteiger partial charge is 0.282 e. The molecule has 0 amide bonds. The molecule has 0 radical (unpaired) electrons. The lowest BCUT2D eigenvalue weighted by atomic mass is 10.2. The van der Waals surface area contributed by atoms with Gasteiger partial charge in [-0.1, -0.05) is 40.2 Å². The van der Waals surface area contributed by atoms with Crippen LogP contribution >= 0.6 is 11.6 Å². The lowest BCUT2D eigenvalue weighted by molar-refractivity contribution is 0.430. The Morgan fingerprint density at radius 3 is 2.77 bits per heavy atom. The molecule has 0 saturated heterocycles. The van der Waals surface area contributed by atoms with Gasteiger partial charge >= 0.3 is 0 Å². The van der Waals surface area contributed by atoms with E-state index in [0.29, 0.717) is 10.7 Å². The van der Waals surface area contributed by atoms with Crippen molar-refractivity contribution in [2.75, 3.05) is 5.73 Å². The number of nitrogen functional groups attached to an aromatic ring is 1. The Hall–Kier alpha value is -3.26. The Bertz CT molecular complexity index is 1110. The summed E-state index contributed by atoms with van der Waals surface area (Å²) in [6.07, 6.45) is 0. The average Bonchev–Trinajstić information content (AvgIpc) is 3.25. The van der Waals surface area contributed by atoms with Gasteiger partial charge in [-0.05, 0) is 36.8 Å². The third-order valence-electron chi connectivity index (χ3n) is 3.92. The number of aromatic nitrogens is 5. The first-order valence-electron chi connectivity index (χ1n) is 7.62. The number of halogens is 2. The fourth-order valence-corrected chi connectivity index (χ4v) is 2.69. The van der Waals surface area contributed by atoms with Gasteiger partial charge in [0, 0.05) is 5.02 Å². The monoisotopic (exact) mass is 370 g/mol. The summed E-state index contributed by atoms with van der Waals surface area (Å²) in [5.41, 5.74) is 8.07. The third-order valence-corrected chi connectivity index (χ3v) is 4.33. The zero-order chi connectivity index (χ0) is 18.3. The van der Waals surface area contributed by atoms with Gasteiger partial charge in [0.2, 0.25) is 5.82 Å². The Morgan fingerprint density at radius 2 is 1.96 bits per heavy atom. The van der Waals surface area contributed by atoms with Crippen molar-refractivity contribution in [3.63, 3.8) is 0 Å². The molecule has 4 rings (SSSR count). The van der Waals surface area contributed by atoms with E-state index < -0.39 is 5.82 Å². The first kappa shape index (κ1) is 16.2. The summed E-state index contributed by atoms with van der Waals surface area (Å²) in [4.78, 5) is 4.18. The Kier molecular flexibility index (Phi) is 3.89. The van der Waals surface area contributed by atoms with Crippen LogP contribution in [0.4, 0.5) is 10.2 Å². The molecule has 0 atom stereocenters. The van der Waals surface area contributed by atoms with Gasteiger partial charge in [-0.15, -0.1) is 5.10 Å². The van der Waals surface area contributed by atoms with Crippen LogP contribution in [-0.4, -0.2) is 25.1 Å². The number of anilines is 1. The van der Waals surface area contributed by atoms with E-state index in [2.05, 4.69) is 20.5 Å². The highest BCUT2D eigenvalue weighted by molar-refractivity contribution is 6.31. The predicted octanol–water partition coefficient (Wildman–Crippen LogP) is 3.67. The van der Waals surface area contributed by atoms with Crippen molar-refractivity contribution in [1.82, 2.24) is 25.1 Å². The average molecular weight is 371 g/mol. The Labute approximate surface area is 152 Å². The molecule has 7 nitrogen and oxygen atoms in total. The van der Waals surface area contributed by atoms with Gasteiger partial charge in [0.25, 0.3) is 5.89 Å². The lowest BCUT2D eigenvalue weighted by Gasteiger charge is -2.07. The van der Waals surface area contributed by atoms with Gasteiger partial charge in [0.15, 0.2) is 11.5 Å². The van der Waals surface area contributed by atoms with Gasteiger partial charge in [-0.3, -0.25) is 0 Å². The maximum Gasteiger partial charge on any atom is 0.282 e. The van der Waals surface area contributed by atoms with Crippen LogP contribution < -0.4 is 5.73 Å². The van der Waals surface area contributed by atoms with Crippen molar-refractivity contribution < 1.29 is 8.91 Å². The number of nitrogens with zero attached hydrogens (tertiary/aromatic N) is 5. The molecule has 4 aromatic rings. The van der Waals surface area contributed by atoms with E-state index in [9.17, 15) is 4.39 Å². The van der Waals surface area contributed by atoms with Gasteiger partial charge in [-0.25, -0.2) is 4.39 Å². The maximum absolute atomic E-state index is 13.9. The van der Waals surface area contributed by atoms with Crippen LogP contribution in [0.2, 0.25) is 5.02 Å². The summed E-state index contributed by atoms with van der Waals surface area (Å²) < 4.78 is 20.5. The third kappa shape index (κ3) is 2.60. The molecule has 0 aliphatic heterocycles. The zero-order valence-electron chi connectivity index (χ0n) is 13.5. The second-order valence-corrected chi connectivity index (χ2v) is 5.93. The molecule has 0 unspecified atom stereocenters. The number of hydrogen-bond donors (Lipinski definition) is 1. The van der Waals surface area contributed by atoms with Crippen LogP contribution in [0.5, 0.6) is 0 Å². The van der Waals surface area contributed by atoms with E-state index in [0.717, 1.165) is 5.56 Å². The van der Waals surface area contributed by atoms with Crippen LogP contribution in [0.1, 0.15) is 5.56 Å². The lowest BCUT2D eigenvalue weighted by Crippen LogP contribution is -2.04. The van der Waals surface area contributed by atoms with Crippen molar-refractivity contribution >= 4 is 17.4 Å². The van der Waals surface area contributed by atoms with E-state index in [-0.39, 0.29) is 28.8 Å². The summed E-state index contributed by atoms with van der Waals surface area (Å²) in [5, 5.41) is 12.4. The number of benzene rings is 2. The molecule has 0 aliphatic rings. The normalized spacial score (nSPS) is 11.0. The van der Waals surface area contributed by atoms with Crippen molar-refractivity contribution in [3.8, 4) is 28.7 Å². The summed E-state index contributed by atoms with van der Waals surface area (Å²) in [6.45, 7) is 1.85. The summed E-state index contributed by atoms with van der Waals surface area (Å²) in [5.74, 6) is -0.0946. The molecule has 26 heavy (non-hydrogen) atoms. The molecule has 0 fully saturated rings. The first-order valence-corrected chi connectivity index (χ1v) is 7.99. The minimum Gasteiger partial charge on any atom is -0.382 e. The molecule has 0 saturated carbocycles. The molecule has 2 aromatic heterocycles. The summed E-state index contributed by atoms with van der Waals surface area (Å²) >= 11 is 6.15. The number of rotatable bonds is 3. The largest absolute Gasteiger partial charge is 0.382 e. The van der Waals surface area contributed by atoms with E-state index in [1.165, 1.54) is 10.7 Å².